The molecular formula is C27H25N7O. The molecule has 1 fully saturated rings. The second-order valence-electron chi connectivity index (χ2n) is 8.96. The van der Waals surface area contributed by atoms with E-state index in [1.165, 1.54) is 11.3 Å². The number of nitrogens with one attached hydrogen (secondary N) is 2. The molecule has 8 heteroatoms. The Balaban J connectivity index is 1.22. The first kappa shape index (κ1) is 20.2. The van der Waals surface area contributed by atoms with Gasteiger partial charge in [-0.15, -0.1) is 5.10 Å². The Hall–Kier alpha value is -4.17. The van der Waals surface area contributed by atoms with Crippen LogP contribution < -0.4 is 20.3 Å². The molecule has 174 valence electrons. The van der Waals surface area contributed by atoms with Gasteiger partial charge in [-0.2, -0.15) is 0 Å². The average Bonchev–Trinajstić information content (AvgIpc) is 3.56. The lowest BCUT2D eigenvalue weighted by molar-refractivity contribution is 0.358. The van der Waals surface area contributed by atoms with E-state index in [0.29, 0.717) is 5.95 Å². The van der Waals surface area contributed by atoms with Crippen LogP contribution in [0.2, 0.25) is 0 Å². The summed E-state index contributed by atoms with van der Waals surface area (Å²) in [5.41, 5.74) is 7.27. The molecule has 0 saturated carbocycles. The molecule has 0 bridgehead atoms. The highest BCUT2D eigenvalue weighted by Crippen LogP contribution is 2.37. The van der Waals surface area contributed by atoms with E-state index in [9.17, 15) is 0 Å². The number of hydrogen-bond acceptors (Lipinski definition) is 7. The summed E-state index contributed by atoms with van der Waals surface area (Å²) in [6, 6.07) is 18.9. The Morgan fingerprint density at radius 3 is 2.80 bits per heavy atom. The topological polar surface area (TPSA) is 79.6 Å². The smallest absolute Gasteiger partial charge is 0.245 e. The molecule has 3 aromatic heterocycles. The van der Waals surface area contributed by atoms with Gasteiger partial charge >= 0.3 is 0 Å². The monoisotopic (exact) mass is 463 g/mol. The van der Waals surface area contributed by atoms with Crippen molar-refractivity contribution < 1.29 is 4.74 Å². The first-order chi connectivity index (χ1) is 17.3. The molecule has 1 saturated heterocycles. The zero-order valence-electron chi connectivity index (χ0n) is 19.2. The minimum Gasteiger partial charge on any atom is -0.492 e. The second kappa shape index (κ2) is 8.25. The van der Waals surface area contributed by atoms with E-state index < -0.39 is 0 Å². The summed E-state index contributed by atoms with van der Waals surface area (Å²) in [6.07, 6.45) is 4.63. The molecule has 5 heterocycles. The van der Waals surface area contributed by atoms with Crippen LogP contribution in [0.4, 0.5) is 17.3 Å². The van der Waals surface area contributed by atoms with E-state index in [2.05, 4.69) is 69.0 Å². The molecule has 0 atom stereocenters. The van der Waals surface area contributed by atoms with Gasteiger partial charge in [-0.25, -0.2) is 9.50 Å². The number of hydrogen-bond donors (Lipinski definition) is 2. The standard InChI is InChI=1S/C27H25N7O/c1-3-18-9-14-35-26(18)22(5-1)23-8-7-21-17-30-27(32-34(21)23)31-20-15-19-4-2-6-24(25(19)29-16-20)33-12-10-28-11-13-33/h1-8,15-17,28H,9-14H2,(H,31,32). The van der Waals surface area contributed by atoms with Crippen LogP contribution in [0.25, 0.3) is 27.7 Å². The fraction of sp³-hybridized carbons (Fsp3) is 0.222. The van der Waals surface area contributed by atoms with E-state index in [0.717, 1.165) is 78.3 Å². The summed E-state index contributed by atoms with van der Waals surface area (Å²) in [7, 11) is 0. The van der Waals surface area contributed by atoms with Crippen LogP contribution >= 0.6 is 0 Å². The van der Waals surface area contributed by atoms with E-state index in [-0.39, 0.29) is 0 Å². The molecule has 7 rings (SSSR count). The van der Waals surface area contributed by atoms with Gasteiger partial charge in [0.05, 0.1) is 47.1 Å². The molecule has 0 unspecified atom stereocenters. The molecule has 0 amide bonds. The zero-order valence-corrected chi connectivity index (χ0v) is 19.2. The Morgan fingerprint density at radius 2 is 1.86 bits per heavy atom. The summed E-state index contributed by atoms with van der Waals surface area (Å²) in [5.74, 6) is 1.47. The highest BCUT2D eigenvalue weighted by molar-refractivity contribution is 5.92. The van der Waals surface area contributed by atoms with Crippen LogP contribution in [0.5, 0.6) is 5.75 Å². The average molecular weight is 464 g/mol. The summed E-state index contributed by atoms with van der Waals surface area (Å²) in [4.78, 5) is 11.7. The lowest BCUT2D eigenvalue weighted by atomic mass is 10.1. The number of ether oxygens (including phenoxy) is 1. The lowest BCUT2D eigenvalue weighted by Gasteiger charge is -2.30. The van der Waals surface area contributed by atoms with E-state index in [4.69, 9.17) is 14.8 Å². The van der Waals surface area contributed by atoms with Gasteiger partial charge in [0.25, 0.3) is 0 Å². The van der Waals surface area contributed by atoms with E-state index >= 15 is 0 Å². The number of benzene rings is 2. The van der Waals surface area contributed by atoms with Crippen LogP contribution in [0.3, 0.4) is 0 Å². The third kappa shape index (κ3) is 3.54. The third-order valence-corrected chi connectivity index (χ3v) is 6.79. The molecule has 5 aromatic rings. The number of pyridine rings is 1. The largest absolute Gasteiger partial charge is 0.492 e. The number of para-hydroxylation sites is 2. The maximum absolute atomic E-state index is 5.93. The summed E-state index contributed by atoms with van der Waals surface area (Å²) in [5, 5.41) is 12.6. The van der Waals surface area contributed by atoms with Crippen molar-refractivity contribution in [3.63, 3.8) is 0 Å². The van der Waals surface area contributed by atoms with Crippen molar-refractivity contribution in [3.8, 4) is 17.0 Å². The lowest BCUT2D eigenvalue weighted by Crippen LogP contribution is -2.43. The second-order valence-corrected chi connectivity index (χ2v) is 8.96. The molecular weight excluding hydrogens is 438 g/mol. The van der Waals surface area contributed by atoms with Crippen molar-refractivity contribution in [2.24, 2.45) is 0 Å². The van der Waals surface area contributed by atoms with Crippen molar-refractivity contribution in [1.29, 1.82) is 0 Å². The summed E-state index contributed by atoms with van der Waals surface area (Å²) < 4.78 is 7.86. The minimum atomic E-state index is 0.517. The summed E-state index contributed by atoms with van der Waals surface area (Å²) in [6.45, 7) is 4.69. The van der Waals surface area contributed by atoms with Crippen LogP contribution in [-0.4, -0.2) is 52.4 Å². The van der Waals surface area contributed by atoms with Crippen molar-refractivity contribution in [1.82, 2.24) is 24.9 Å². The summed E-state index contributed by atoms with van der Waals surface area (Å²) >= 11 is 0. The van der Waals surface area contributed by atoms with Crippen LogP contribution in [-0.2, 0) is 6.42 Å². The van der Waals surface area contributed by atoms with Gasteiger partial charge in [0.15, 0.2) is 0 Å². The van der Waals surface area contributed by atoms with Gasteiger partial charge in [-0.05, 0) is 35.9 Å². The molecule has 8 nitrogen and oxygen atoms in total. The van der Waals surface area contributed by atoms with Crippen LogP contribution in [0, 0.1) is 0 Å². The molecule has 0 radical (unpaired) electrons. The third-order valence-electron chi connectivity index (χ3n) is 6.79. The molecule has 0 spiro atoms. The number of nitrogens with zero attached hydrogens (tertiary/aromatic N) is 5. The van der Waals surface area contributed by atoms with Gasteiger partial charge in [0, 0.05) is 43.5 Å². The van der Waals surface area contributed by atoms with Gasteiger partial charge in [0.1, 0.15) is 5.75 Å². The normalized spacial score (nSPS) is 15.4. The quantitative estimate of drug-likeness (QED) is 0.417. The Morgan fingerprint density at radius 1 is 0.943 bits per heavy atom. The molecule has 2 N–H and O–H groups in total. The van der Waals surface area contributed by atoms with Crippen molar-refractivity contribution in [2.75, 3.05) is 43.0 Å². The maximum atomic E-state index is 5.93. The Labute approximate surface area is 202 Å². The number of piperazine rings is 1. The number of fused-ring (bicyclic) bond motifs is 3. The molecule has 0 aliphatic carbocycles. The van der Waals surface area contributed by atoms with E-state index in [1.807, 2.05) is 23.0 Å². The highest BCUT2D eigenvalue weighted by atomic mass is 16.5. The van der Waals surface area contributed by atoms with Crippen LogP contribution in [0.15, 0.2) is 67.0 Å². The molecule has 2 aliphatic rings. The molecule has 35 heavy (non-hydrogen) atoms. The molecule has 2 aliphatic heterocycles. The highest BCUT2D eigenvalue weighted by Gasteiger charge is 2.19. The number of rotatable bonds is 4. The van der Waals surface area contributed by atoms with Gasteiger partial charge in [-0.1, -0.05) is 24.3 Å². The van der Waals surface area contributed by atoms with E-state index in [1.54, 1.807) is 0 Å². The van der Waals surface area contributed by atoms with Crippen molar-refractivity contribution in [3.05, 3.63) is 72.6 Å². The van der Waals surface area contributed by atoms with Gasteiger partial charge in [0.2, 0.25) is 5.95 Å². The zero-order chi connectivity index (χ0) is 23.2. The van der Waals surface area contributed by atoms with Gasteiger partial charge in [-0.3, -0.25) is 4.98 Å². The fourth-order valence-corrected chi connectivity index (χ4v) is 5.08. The predicted octanol–water partition coefficient (Wildman–Crippen LogP) is 4.03. The Kier molecular flexibility index (Phi) is 4.77. The minimum absolute atomic E-state index is 0.517. The van der Waals surface area contributed by atoms with Crippen molar-refractivity contribution >= 4 is 33.7 Å². The predicted molar refractivity (Wildman–Crippen MR) is 138 cm³/mol. The first-order valence-electron chi connectivity index (χ1n) is 12.0. The molecule has 2 aromatic carbocycles. The first-order valence-corrected chi connectivity index (χ1v) is 12.0. The van der Waals surface area contributed by atoms with Crippen molar-refractivity contribution in [2.45, 2.75) is 6.42 Å². The number of anilines is 3. The SMILES string of the molecule is c1cc2c(c(-c3ccc4cnc(Nc5cnc6c(N7CCNCC7)cccc6c5)nn34)c1)OCC2. The maximum Gasteiger partial charge on any atom is 0.245 e. The fourth-order valence-electron chi connectivity index (χ4n) is 5.08. The Bertz CT molecular complexity index is 1550. The number of aromatic nitrogens is 4. The van der Waals surface area contributed by atoms with Gasteiger partial charge < -0.3 is 20.3 Å². The van der Waals surface area contributed by atoms with Crippen LogP contribution in [0.1, 0.15) is 5.56 Å².